The lowest BCUT2D eigenvalue weighted by Gasteiger charge is -2.40. The van der Waals surface area contributed by atoms with Gasteiger partial charge >= 0.3 is 6.09 Å². The van der Waals surface area contributed by atoms with Gasteiger partial charge in [0, 0.05) is 26.4 Å². The van der Waals surface area contributed by atoms with Crippen LogP contribution >= 0.6 is 0 Å². The smallest absolute Gasteiger partial charge is 0.410 e. The molecular formula is C16H21N5O3. The fourth-order valence-corrected chi connectivity index (χ4v) is 3.77. The molecule has 2 aliphatic heterocycles. The molecule has 2 aromatic heterocycles. The predicted octanol–water partition coefficient (Wildman–Crippen LogP) is 1.39. The number of amides is 1. The number of aromatic amines is 1. The Morgan fingerprint density at radius 3 is 2.83 bits per heavy atom. The number of nitrogens with one attached hydrogen (secondary N) is 1. The molecule has 2 fully saturated rings. The molecule has 0 aromatic carbocycles. The fraction of sp³-hybridized carbons (Fsp3) is 0.562. The number of carbonyl (C=O) groups excluding carboxylic acids is 1. The van der Waals surface area contributed by atoms with E-state index in [4.69, 9.17) is 9.47 Å². The quantitative estimate of drug-likeness (QED) is 0.853. The van der Waals surface area contributed by atoms with E-state index in [-0.39, 0.29) is 18.2 Å². The highest BCUT2D eigenvalue weighted by Gasteiger charge is 2.44. The Bertz CT molecular complexity index is 719. The van der Waals surface area contributed by atoms with Crippen LogP contribution in [-0.2, 0) is 9.47 Å². The van der Waals surface area contributed by atoms with Crippen LogP contribution in [0.3, 0.4) is 0 Å². The number of aromatic nitrogens is 3. The van der Waals surface area contributed by atoms with Crippen LogP contribution in [0.2, 0.25) is 0 Å². The molecule has 2 saturated heterocycles. The highest BCUT2D eigenvalue weighted by atomic mass is 16.6. The second-order valence-electron chi connectivity index (χ2n) is 6.24. The van der Waals surface area contributed by atoms with Gasteiger partial charge in [-0.2, -0.15) is 0 Å². The lowest BCUT2D eigenvalue weighted by molar-refractivity contribution is 0.0561. The molecular weight excluding hydrogens is 310 g/mol. The molecule has 0 radical (unpaired) electrons. The second kappa shape index (κ2) is 6.27. The molecule has 2 bridgehead atoms. The Hall–Kier alpha value is -2.35. The minimum Gasteiger partial charge on any atom is -0.447 e. The monoisotopic (exact) mass is 331 g/mol. The predicted molar refractivity (Wildman–Crippen MR) is 88.0 cm³/mol. The van der Waals surface area contributed by atoms with E-state index in [0.717, 1.165) is 42.8 Å². The summed E-state index contributed by atoms with van der Waals surface area (Å²) in [5.41, 5.74) is 0.841. The number of nitrogens with zero attached hydrogens (tertiary/aromatic N) is 4. The molecule has 24 heavy (non-hydrogen) atoms. The van der Waals surface area contributed by atoms with Crippen molar-refractivity contribution in [2.75, 3.05) is 38.3 Å². The average Bonchev–Trinajstić information content (AvgIpc) is 3.17. The maximum atomic E-state index is 12.3. The molecule has 2 aromatic rings. The van der Waals surface area contributed by atoms with Gasteiger partial charge in [0.25, 0.3) is 0 Å². The summed E-state index contributed by atoms with van der Waals surface area (Å²) >= 11 is 0. The van der Waals surface area contributed by atoms with Crippen LogP contribution in [0.4, 0.5) is 10.6 Å². The number of rotatable bonds is 4. The number of anilines is 1. The van der Waals surface area contributed by atoms with E-state index in [9.17, 15) is 4.79 Å². The van der Waals surface area contributed by atoms with Gasteiger partial charge < -0.3 is 19.4 Å². The zero-order valence-corrected chi connectivity index (χ0v) is 13.6. The average molecular weight is 331 g/mol. The third kappa shape index (κ3) is 2.56. The van der Waals surface area contributed by atoms with Gasteiger partial charge in [-0.05, 0) is 18.9 Å². The van der Waals surface area contributed by atoms with E-state index in [0.29, 0.717) is 13.2 Å². The van der Waals surface area contributed by atoms with E-state index in [1.807, 2.05) is 17.2 Å². The number of carbonyl (C=O) groups is 1. The van der Waals surface area contributed by atoms with Gasteiger partial charge in [-0.15, -0.1) is 0 Å². The van der Waals surface area contributed by atoms with Crippen molar-refractivity contribution in [1.82, 2.24) is 19.9 Å². The Kier molecular flexibility index (Phi) is 3.97. The summed E-state index contributed by atoms with van der Waals surface area (Å²) in [7, 11) is 1.60. The van der Waals surface area contributed by atoms with Gasteiger partial charge in [0.15, 0.2) is 0 Å². The summed E-state index contributed by atoms with van der Waals surface area (Å²) in [6.45, 7) is 2.26. The first-order valence-electron chi connectivity index (χ1n) is 8.25. The third-order valence-corrected chi connectivity index (χ3v) is 4.84. The van der Waals surface area contributed by atoms with E-state index in [2.05, 4.69) is 19.9 Å². The van der Waals surface area contributed by atoms with Crippen LogP contribution in [0.15, 0.2) is 18.6 Å². The van der Waals surface area contributed by atoms with Gasteiger partial charge in [0.1, 0.15) is 24.4 Å². The van der Waals surface area contributed by atoms with Gasteiger partial charge in [0.05, 0.1) is 24.1 Å². The zero-order valence-electron chi connectivity index (χ0n) is 13.6. The van der Waals surface area contributed by atoms with E-state index in [1.54, 1.807) is 13.4 Å². The van der Waals surface area contributed by atoms with E-state index < -0.39 is 0 Å². The first kappa shape index (κ1) is 15.2. The summed E-state index contributed by atoms with van der Waals surface area (Å²) in [6, 6.07) is 2.34. The topological polar surface area (TPSA) is 83.6 Å². The van der Waals surface area contributed by atoms with Crippen LogP contribution in [0.25, 0.3) is 11.0 Å². The molecule has 2 unspecified atom stereocenters. The van der Waals surface area contributed by atoms with Gasteiger partial charge in [0.2, 0.25) is 0 Å². The van der Waals surface area contributed by atoms with E-state index in [1.165, 1.54) is 0 Å². The normalized spacial score (nSPS) is 23.0. The molecule has 2 atom stereocenters. The van der Waals surface area contributed by atoms with Crippen molar-refractivity contribution in [2.24, 2.45) is 0 Å². The number of piperazine rings is 1. The fourth-order valence-electron chi connectivity index (χ4n) is 3.77. The number of fused-ring (bicyclic) bond motifs is 3. The Labute approximate surface area is 139 Å². The molecule has 8 nitrogen and oxygen atoms in total. The maximum absolute atomic E-state index is 12.3. The SMILES string of the molecule is COCCOC(=O)N1C2CCC1CN(c1ncnc3[nH]ccc13)C2. The molecule has 2 aliphatic rings. The highest BCUT2D eigenvalue weighted by molar-refractivity contribution is 5.87. The first-order chi connectivity index (χ1) is 11.8. The number of hydrogen-bond acceptors (Lipinski definition) is 6. The number of H-pyrrole nitrogens is 1. The highest BCUT2D eigenvalue weighted by Crippen LogP contribution is 2.34. The minimum absolute atomic E-state index is 0.169. The van der Waals surface area contributed by atoms with Gasteiger partial charge in [-0.1, -0.05) is 0 Å². The van der Waals surface area contributed by atoms with Crippen LogP contribution in [0.5, 0.6) is 0 Å². The Morgan fingerprint density at radius 2 is 2.08 bits per heavy atom. The molecule has 1 N–H and O–H groups in total. The summed E-state index contributed by atoms with van der Waals surface area (Å²) in [4.78, 5) is 28.4. The molecule has 4 heterocycles. The third-order valence-electron chi connectivity index (χ3n) is 4.84. The van der Waals surface area contributed by atoms with Crippen LogP contribution < -0.4 is 4.90 Å². The largest absolute Gasteiger partial charge is 0.447 e. The van der Waals surface area contributed by atoms with Crippen molar-refractivity contribution in [3.05, 3.63) is 18.6 Å². The molecule has 0 saturated carbocycles. The summed E-state index contributed by atoms with van der Waals surface area (Å²) in [5.74, 6) is 0.936. The van der Waals surface area contributed by atoms with Crippen LogP contribution in [-0.4, -0.2) is 71.4 Å². The van der Waals surface area contributed by atoms with Crippen molar-refractivity contribution in [3.63, 3.8) is 0 Å². The second-order valence-corrected chi connectivity index (χ2v) is 6.24. The summed E-state index contributed by atoms with van der Waals surface area (Å²) < 4.78 is 10.3. The Morgan fingerprint density at radius 1 is 1.29 bits per heavy atom. The van der Waals surface area contributed by atoms with Crippen molar-refractivity contribution in [3.8, 4) is 0 Å². The summed E-state index contributed by atoms with van der Waals surface area (Å²) in [5, 5.41) is 1.02. The number of hydrogen-bond donors (Lipinski definition) is 1. The Balaban J connectivity index is 1.50. The van der Waals surface area contributed by atoms with Crippen LogP contribution in [0, 0.1) is 0 Å². The van der Waals surface area contributed by atoms with Gasteiger partial charge in [-0.3, -0.25) is 4.90 Å². The maximum Gasteiger partial charge on any atom is 0.410 e. The first-order valence-corrected chi connectivity index (χ1v) is 8.25. The van der Waals surface area contributed by atoms with Crippen molar-refractivity contribution >= 4 is 22.9 Å². The molecule has 0 aliphatic carbocycles. The minimum atomic E-state index is -0.228. The lowest BCUT2D eigenvalue weighted by Crippen LogP contribution is -2.56. The van der Waals surface area contributed by atoms with Crippen molar-refractivity contribution in [1.29, 1.82) is 0 Å². The van der Waals surface area contributed by atoms with Crippen molar-refractivity contribution < 1.29 is 14.3 Å². The zero-order chi connectivity index (χ0) is 16.5. The lowest BCUT2D eigenvalue weighted by atomic mass is 10.2. The van der Waals surface area contributed by atoms with Gasteiger partial charge in [-0.25, -0.2) is 14.8 Å². The molecule has 4 rings (SSSR count). The summed E-state index contributed by atoms with van der Waals surface area (Å²) in [6.07, 6.45) is 5.24. The molecule has 128 valence electrons. The van der Waals surface area contributed by atoms with Crippen molar-refractivity contribution in [2.45, 2.75) is 24.9 Å². The molecule has 8 heteroatoms. The molecule has 0 spiro atoms. The van der Waals surface area contributed by atoms with E-state index >= 15 is 0 Å². The molecule has 1 amide bonds. The number of ether oxygens (including phenoxy) is 2. The van der Waals surface area contributed by atoms with Crippen LogP contribution in [0.1, 0.15) is 12.8 Å². The standard InChI is InChI=1S/C16H21N5O3/c1-23-6-7-24-16(22)21-11-2-3-12(21)9-20(8-11)15-13-4-5-17-14(13)18-10-19-15/h4-5,10-12H,2-3,6-9H2,1H3,(H,17,18,19). The number of methoxy groups -OCH3 is 1.